The van der Waals surface area contributed by atoms with Gasteiger partial charge in [0.25, 0.3) is 0 Å². The molecule has 1 aromatic carbocycles. The van der Waals surface area contributed by atoms with Gasteiger partial charge in [0.1, 0.15) is 5.82 Å². The summed E-state index contributed by atoms with van der Waals surface area (Å²) in [5, 5.41) is 2.78. The Kier molecular flexibility index (Phi) is 5.90. The molecule has 0 saturated heterocycles. The third-order valence-corrected chi connectivity index (χ3v) is 5.73. The smallest absolute Gasteiger partial charge is 0.241 e. The fourth-order valence-corrected chi connectivity index (χ4v) is 3.98. The van der Waals surface area contributed by atoms with Gasteiger partial charge in [-0.2, -0.15) is 0 Å². The number of aromatic nitrogens is 1. The number of nitrogens with two attached hydrogens (primary N) is 1. The van der Waals surface area contributed by atoms with Gasteiger partial charge >= 0.3 is 0 Å². The number of carbonyl (C=O) groups excluding carboxylic acids is 1. The lowest BCUT2D eigenvalue weighted by Crippen LogP contribution is -2.43. The van der Waals surface area contributed by atoms with Crippen LogP contribution in [0.1, 0.15) is 43.9 Å². The minimum absolute atomic E-state index is 0.200. The molecule has 0 radical (unpaired) electrons. The number of anilines is 1. The number of halogens is 1. The van der Waals surface area contributed by atoms with Gasteiger partial charge in [-0.15, -0.1) is 0 Å². The molecule has 1 aromatic heterocycles. The number of nitrogens with one attached hydrogen (secondary N) is 1. The van der Waals surface area contributed by atoms with E-state index in [0.29, 0.717) is 17.2 Å². The molecule has 1 aliphatic rings. The van der Waals surface area contributed by atoms with Crippen LogP contribution in [0.25, 0.3) is 11.1 Å². The molecule has 1 amide bonds. The number of nitrogens with zero attached hydrogens (tertiary/aromatic N) is 1. The van der Waals surface area contributed by atoms with Gasteiger partial charge < -0.3 is 11.1 Å². The van der Waals surface area contributed by atoms with Gasteiger partial charge in [-0.25, -0.2) is 4.39 Å². The molecular formula is C22H28FN3O. The van der Waals surface area contributed by atoms with Gasteiger partial charge in [-0.05, 0) is 68.4 Å². The molecular weight excluding hydrogens is 341 g/mol. The quantitative estimate of drug-likeness (QED) is 0.828. The predicted octanol–water partition coefficient (Wildman–Crippen LogP) is 4.60. The first-order valence-corrected chi connectivity index (χ1v) is 9.65. The third kappa shape index (κ3) is 4.35. The Labute approximate surface area is 160 Å². The summed E-state index contributed by atoms with van der Waals surface area (Å²) in [7, 11) is 0. The summed E-state index contributed by atoms with van der Waals surface area (Å²) in [6.07, 6.45) is 5.89. The molecule has 1 saturated carbocycles. The van der Waals surface area contributed by atoms with Crippen LogP contribution in [0.2, 0.25) is 0 Å². The van der Waals surface area contributed by atoms with E-state index in [0.717, 1.165) is 42.5 Å². The van der Waals surface area contributed by atoms with Crippen LogP contribution in [-0.4, -0.2) is 16.9 Å². The highest BCUT2D eigenvalue weighted by Crippen LogP contribution is 2.31. The van der Waals surface area contributed by atoms with Gasteiger partial charge in [0, 0.05) is 28.7 Å². The van der Waals surface area contributed by atoms with Gasteiger partial charge in [0.15, 0.2) is 0 Å². The molecule has 1 atom stereocenters. The molecule has 1 heterocycles. The van der Waals surface area contributed by atoms with Crippen LogP contribution in [0.5, 0.6) is 0 Å². The summed E-state index contributed by atoms with van der Waals surface area (Å²) in [6.45, 7) is 6.03. The van der Waals surface area contributed by atoms with Crippen molar-refractivity contribution in [3.05, 3.63) is 47.5 Å². The molecule has 5 heteroatoms. The van der Waals surface area contributed by atoms with E-state index in [-0.39, 0.29) is 17.6 Å². The average Bonchev–Trinajstić information content (AvgIpc) is 2.63. The minimum atomic E-state index is -0.553. The zero-order valence-electron chi connectivity index (χ0n) is 16.3. The van der Waals surface area contributed by atoms with Crippen LogP contribution in [0.4, 0.5) is 10.1 Å². The lowest BCUT2D eigenvalue weighted by molar-refractivity contribution is -0.118. The molecule has 4 nitrogen and oxygen atoms in total. The van der Waals surface area contributed by atoms with Crippen molar-refractivity contribution in [1.82, 2.24) is 4.98 Å². The van der Waals surface area contributed by atoms with Crippen LogP contribution < -0.4 is 11.1 Å². The molecule has 1 aliphatic carbocycles. The first kappa shape index (κ1) is 19.5. The fourth-order valence-electron chi connectivity index (χ4n) is 3.98. The summed E-state index contributed by atoms with van der Waals surface area (Å²) in [4.78, 5) is 16.8. The van der Waals surface area contributed by atoms with Crippen molar-refractivity contribution < 1.29 is 9.18 Å². The van der Waals surface area contributed by atoms with E-state index < -0.39 is 6.04 Å². The van der Waals surface area contributed by atoms with E-state index in [2.05, 4.69) is 17.2 Å². The normalized spacial score (nSPS) is 20.9. The second-order valence-electron chi connectivity index (χ2n) is 7.82. The first-order valence-electron chi connectivity index (χ1n) is 9.65. The topological polar surface area (TPSA) is 68.0 Å². The van der Waals surface area contributed by atoms with Crippen molar-refractivity contribution in [2.75, 3.05) is 5.32 Å². The van der Waals surface area contributed by atoms with Crippen molar-refractivity contribution in [2.45, 2.75) is 52.5 Å². The average molecular weight is 369 g/mol. The Balaban J connectivity index is 1.73. The number of pyridine rings is 1. The molecule has 1 fully saturated rings. The number of rotatable bonds is 4. The monoisotopic (exact) mass is 369 g/mol. The van der Waals surface area contributed by atoms with Crippen LogP contribution in [-0.2, 0) is 4.79 Å². The van der Waals surface area contributed by atoms with E-state index in [1.807, 2.05) is 19.9 Å². The molecule has 27 heavy (non-hydrogen) atoms. The maximum absolute atomic E-state index is 14.7. The zero-order chi connectivity index (χ0) is 19.6. The zero-order valence-corrected chi connectivity index (χ0v) is 16.3. The Morgan fingerprint density at radius 1 is 1.22 bits per heavy atom. The highest BCUT2D eigenvalue weighted by Gasteiger charge is 2.28. The molecule has 0 spiro atoms. The van der Waals surface area contributed by atoms with E-state index in [1.54, 1.807) is 18.3 Å². The van der Waals surface area contributed by atoms with Crippen LogP contribution in [0.3, 0.4) is 0 Å². The number of aryl methyl sites for hydroxylation is 2. The molecule has 0 bridgehead atoms. The molecule has 3 rings (SSSR count). The predicted molar refractivity (Wildman–Crippen MR) is 107 cm³/mol. The largest absolute Gasteiger partial charge is 0.325 e. The van der Waals surface area contributed by atoms with Crippen LogP contribution in [0, 0.1) is 31.5 Å². The first-order chi connectivity index (χ1) is 12.9. The lowest BCUT2D eigenvalue weighted by Gasteiger charge is -2.29. The molecule has 0 unspecified atom stereocenters. The number of hydrogen-bond acceptors (Lipinski definition) is 3. The Hall–Kier alpha value is -2.27. The Bertz CT molecular complexity index is 808. The SMILES string of the molecule is Cc1ccnc(C)c1-c1ccc(NC(=O)[C@@H](N)C2CCC(C)CC2)cc1F. The summed E-state index contributed by atoms with van der Waals surface area (Å²) < 4.78 is 14.7. The molecule has 144 valence electrons. The van der Waals surface area contributed by atoms with Crippen molar-refractivity contribution in [3.8, 4) is 11.1 Å². The highest BCUT2D eigenvalue weighted by atomic mass is 19.1. The Morgan fingerprint density at radius 3 is 2.56 bits per heavy atom. The van der Waals surface area contributed by atoms with Gasteiger partial charge in [-0.3, -0.25) is 9.78 Å². The molecule has 3 N–H and O–H groups in total. The maximum Gasteiger partial charge on any atom is 0.241 e. The molecule has 0 aliphatic heterocycles. The summed E-state index contributed by atoms with van der Waals surface area (Å²) >= 11 is 0. The maximum atomic E-state index is 14.7. The summed E-state index contributed by atoms with van der Waals surface area (Å²) in [6, 6.07) is 6.08. The van der Waals surface area contributed by atoms with Gasteiger partial charge in [0.2, 0.25) is 5.91 Å². The third-order valence-electron chi connectivity index (χ3n) is 5.73. The van der Waals surface area contributed by atoms with Crippen molar-refractivity contribution in [2.24, 2.45) is 17.6 Å². The van der Waals surface area contributed by atoms with E-state index in [4.69, 9.17) is 5.73 Å². The van der Waals surface area contributed by atoms with E-state index in [9.17, 15) is 9.18 Å². The van der Waals surface area contributed by atoms with Crippen molar-refractivity contribution >= 4 is 11.6 Å². The second kappa shape index (κ2) is 8.17. The van der Waals surface area contributed by atoms with Crippen LogP contribution in [0.15, 0.2) is 30.5 Å². The van der Waals surface area contributed by atoms with Crippen molar-refractivity contribution in [3.63, 3.8) is 0 Å². The number of carbonyl (C=O) groups is 1. The Morgan fingerprint density at radius 2 is 1.93 bits per heavy atom. The van der Waals surface area contributed by atoms with Gasteiger partial charge in [-0.1, -0.05) is 19.8 Å². The van der Waals surface area contributed by atoms with Crippen molar-refractivity contribution in [1.29, 1.82) is 0 Å². The standard InChI is InChI=1S/C22H28FN3O/c1-13-4-6-16(7-5-13)21(24)22(27)26-17-8-9-18(19(23)12-17)20-14(2)10-11-25-15(20)3/h8-13,16,21H,4-7,24H2,1-3H3,(H,26,27)/t13?,16?,21-/m0/s1. The number of hydrogen-bond donors (Lipinski definition) is 2. The molecule has 2 aromatic rings. The lowest BCUT2D eigenvalue weighted by atomic mass is 9.79. The van der Waals surface area contributed by atoms with Crippen LogP contribution >= 0.6 is 0 Å². The van der Waals surface area contributed by atoms with E-state index in [1.165, 1.54) is 6.07 Å². The second-order valence-corrected chi connectivity index (χ2v) is 7.82. The highest BCUT2D eigenvalue weighted by molar-refractivity contribution is 5.95. The van der Waals surface area contributed by atoms with E-state index >= 15 is 0 Å². The number of amides is 1. The number of benzene rings is 1. The summed E-state index contributed by atoms with van der Waals surface area (Å²) in [5.74, 6) is 0.283. The minimum Gasteiger partial charge on any atom is -0.325 e. The fraction of sp³-hybridized carbons (Fsp3) is 0.455. The van der Waals surface area contributed by atoms with Gasteiger partial charge in [0.05, 0.1) is 6.04 Å². The summed E-state index contributed by atoms with van der Waals surface area (Å²) in [5.41, 5.74) is 9.62.